The van der Waals surface area contributed by atoms with E-state index >= 15 is 0 Å². The molecule has 3 aromatic rings. The number of benzene rings is 2. The maximum atomic E-state index is 13.1. The van der Waals surface area contributed by atoms with E-state index in [1.165, 1.54) is 30.0 Å². The van der Waals surface area contributed by atoms with Gasteiger partial charge in [-0.05, 0) is 37.3 Å². The SMILES string of the molecule is C=CCn1c(SC(C)C(=O)Nc2ccc(F)cc2Cl)nc2ccccc21. The molecule has 0 aliphatic carbocycles. The molecule has 1 atom stereocenters. The molecule has 0 radical (unpaired) electrons. The average molecular weight is 390 g/mol. The highest BCUT2D eigenvalue weighted by molar-refractivity contribution is 8.00. The summed E-state index contributed by atoms with van der Waals surface area (Å²) in [6.07, 6.45) is 1.79. The molecule has 0 aliphatic heterocycles. The maximum absolute atomic E-state index is 13.1. The number of nitrogens with zero attached hydrogens (tertiary/aromatic N) is 2. The number of anilines is 1. The summed E-state index contributed by atoms with van der Waals surface area (Å²) in [6, 6.07) is 11.7. The van der Waals surface area contributed by atoms with Gasteiger partial charge < -0.3 is 9.88 Å². The number of hydrogen-bond acceptors (Lipinski definition) is 3. The predicted octanol–water partition coefficient (Wildman–Crippen LogP) is 5.13. The number of allylic oxidation sites excluding steroid dienone is 1. The fourth-order valence-electron chi connectivity index (χ4n) is 2.49. The van der Waals surface area contributed by atoms with Crippen LogP contribution in [0.3, 0.4) is 0 Å². The first-order valence-corrected chi connectivity index (χ1v) is 9.24. The van der Waals surface area contributed by atoms with Crippen molar-refractivity contribution >= 4 is 46.0 Å². The van der Waals surface area contributed by atoms with Crippen molar-refractivity contribution in [2.45, 2.75) is 23.9 Å². The van der Waals surface area contributed by atoms with E-state index in [0.717, 1.165) is 16.2 Å². The Morgan fingerprint density at radius 3 is 2.92 bits per heavy atom. The third kappa shape index (κ3) is 3.92. The summed E-state index contributed by atoms with van der Waals surface area (Å²) in [4.78, 5) is 17.1. The lowest BCUT2D eigenvalue weighted by Gasteiger charge is -2.13. The minimum atomic E-state index is -0.450. The normalized spacial score (nSPS) is 12.1. The number of rotatable bonds is 6. The van der Waals surface area contributed by atoms with Gasteiger partial charge in [-0.1, -0.05) is 41.6 Å². The summed E-state index contributed by atoms with van der Waals surface area (Å²) in [7, 11) is 0. The van der Waals surface area contributed by atoms with Crippen LogP contribution in [0.15, 0.2) is 60.3 Å². The van der Waals surface area contributed by atoms with E-state index in [-0.39, 0.29) is 10.9 Å². The van der Waals surface area contributed by atoms with Crippen molar-refractivity contribution in [2.75, 3.05) is 5.32 Å². The van der Waals surface area contributed by atoms with Crippen molar-refractivity contribution in [3.8, 4) is 0 Å². The second kappa shape index (κ2) is 7.93. The van der Waals surface area contributed by atoms with Gasteiger partial charge in [0, 0.05) is 6.54 Å². The quantitative estimate of drug-likeness (QED) is 0.469. The molecule has 7 heteroatoms. The van der Waals surface area contributed by atoms with Crippen LogP contribution in [0.1, 0.15) is 6.92 Å². The first-order valence-electron chi connectivity index (χ1n) is 7.98. The number of para-hydroxylation sites is 2. The Labute approximate surface area is 160 Å². The van der Waals surface area contributed by atoms with Gasteiger partial charge in [-0.25, -0.2) is 9.37 Å². The van der Waals surface area contributed by atoms with Crippen molar-refractivity contribution in [1.29, 1.82) is 0 Å². The number of carbonyl (C=O) groups excluding carboxylic acids is 1. The average Bonchev–Trinajstić information content (AvgIpc) is 2.95. The standard InChI is InChI=1S/C19H17ClFN3OS/c1-3-10-24-17-7-5-4-6-16(17)23-19(24)26-12(2)18(25)22-15-9-8-13(21)11-14(15)20/h3-9,11-12H,1,10H2,2H3,(H,22,25). The third-order valence-electron chi connectivity index (χ3n) is 3.77. The summed E-state index contributed by atoms with van der Waals surface area (Å²) in [5.41, 5.74) is 2.24. The van der Waals surface area contributed by atoms with Crippen LogP contribution in [0.5, 0.6) is 0 Å². The van der Waals surface area contributed by atoms with Crippen LogP contribution in [0.4, 0.5) is 10.1 Å². The molecule has 0 bridgehead atoms. The van der Waals surface area contributed by atoms with Crippen molar-refractivity contribution < 1.29 is 9.18 Å². The van der Waals surface area contributed by atoms with Gasteiger partial charge >= 0.3 is 0 Å². The molecule has 2 aromatic carbocycles. The van der Waals surface area contributed by atoms with Crippen molar-refractivity contribution in [3.63, 3.8) is 0 Å². The topological polar surface area (TPSA) is 46.9 Å². The van der Waals surface area contributed by atoms with Crippen LogP contribution < -0.4 is 5.32 Å². The molecule has 1 N–H and O–H groups in total. The highest BCUT2D eigenvalue weighted by Crippen LogP contribution is 2.29. The maximum Gasteiger partial charge on any atom is 0.237 e. The zero-order chi connectivity index (χ0) is 18.7. The van der Waals surface area contributed by atoms with E-state index in [9.17, 15) is 9.18 Å². The number of fused-ring (bicyclic) bond motifs is 1. The largest absolute Gasteiger partial charge is 0.324 e. The molecular weight excluding hydrogens is 373 g/mol. The molecule has 1 amide bonds. The molecule has 0 spiro atoms. The lowest BCUT2D eigenvalue weighted by molar-refractivity contribution is -0.115. The van der Waals surface area contributed by atoms with Crippen LogP contribution >= 0.6 is 23.4 Å². The van der Waals surface area contributed by atoms with Crippen molar-refractivity contribution in [1.82, 2.24) is 9.55 Å². The summed E-state index contributed by atoms with van der Waals surface area (Å²) >= 11 is 7.32. The fourth-order valence-corrected chi connectivity index (χ4v) is 3.63. The van der Waals surface area contributed by atoms with Gasteiger partial charge in [0.25, 0.3) is 0 Å². The minimum Gasteiger partial charge on any atom is -0.324 e. The van der Waals surface area contributed by atoms with Crippen LogP contribution in [0.2, 0.25) is 5.02 Å². The molecule has 1 heterocycles. The molecule has 4 nitrogen and oxygen atoms in total. The summed E-state index contributed by atoms with van der Waals surface area (Å²) in [5.74, 6) is -0.686. The van der Waals surface area contributed by atoms with Gasteiger partial charge in [0.15, 0.2) is 5.16 Å². The number of amides is 1. The molecule has 0 saturated heterocycles. The molecule has 134 valence electrons. The molecule has 1 unspecified atom stereocenters. The van der Waals surface area contributed by atoms with E-state index in [0.29, 0.717) is 12.2 Å². The number of halogens is 2. The van der Waals surface area contributed by atoms with Crippen LogP contribution in [0.25, 0.3) is 11.0 Å². The number of nitrogens with one attached hydrogen (secondary N) is 1. The minimum absolute atomic E-state index is 0.162. The Hall–Kier alpha value is -2.31. The molecule has 26 heavy (non-hydrogen) atoms. The zero-order valence-corrected chi connectivity index (χ0v) is 15.6. The Bertz CT molecular complexity index is 973. The highest BCUT2D eigenvalue weighted by Gasteiger charge is 2.20. The number of thioether (sulfide) groups is 1. The fraction of sp³-hybridized carbons (Fsp3) is 0.158. The van der Waals surface area contributed by atoms with Crippen LogP contribution in [-0.4, -0.2) is 20.7 Å². The lowest BCUT2D eigenvalue weighted by Crippen LogP contribution is -2.23. The Morgan fingerprint density at radius 2 is 2.19 bits per heavy atom. The molecule has 0 aliphatic rings. The second-order valence-corrected chi connectivity index (χ2v) is 7.37. The monoisotopic (exact) mass is 389 g/mol. The van der Waals surface area contributed by atoms with Gasteiger partial charge in [0.1, 0.15) is 5.82 Å². The van der Waals surface area contributed by atoms with Crippen molar-refractivity contribution in [3.05, 3.63) is 66.0 Å². The van der Waals surface area contributed by atoms with Gasteiger partial charge in [-0.2, -0.15) is 0 Å². The Morgan fingerprint density at radius 1 is 1.42 bits per heavy atom. The van der Waals surface area contributed by atoms with E-state index in [2.05, 4.69) is 16.9 Å². The molecule has 0 saturated carbocycles. The molecule has 0 fully saturated rings. The van der Waals surface area contributed by atoms with Crippen LogP contribution in [-0.2, 0) is 11.3 Å². The van der Waals surface area contributed by atoms with Gasteiger partial charge in [0.05, 0.1) is 27.0 Å². The molecular formula is C19H17ClFN3OS. The number of carbonyl (C=O) groups is 1. The first-order chi connectivity index (χ1) is 12.5. The smallest absolute Gasteiger partial charge is 0.237 e. The van der Waals surface area contributed by atoms with Gasteiger partial charge in [-0.15, -0.1) is 6.58 Å². The number of aromatic nitrogens is 2. The lowest BCUT2D eigenvalue weighted by atomic mass is 10.3. The van der Waals surface area contributed by atoms with E-state index in [1.807, 2.05) is 28.8 Å². The summed E-state index contributed by atoms with van der Waals surface area (Å²) in [6.45, 7) is 6.17. The molecule has 1 aromatic heterocycles. The number of imidazole rings is 1. The highest BCUT2D eigenvalue weighted by atomic mass is 35.5. The zero-order valence-electron chi connectivity index (χ0n) is 14.1. The van der Waals surface area contributed by atoms with E-state index < -0.39 is 11.1 Å². The second-order valence-electron chi connectivity index (χ2n) is 5.66. The van der Waals surface area contributed by atoms with Gasteiger partial charge in [-0.3, -0.25) is 4.79 Å². The molecule has 3 rings (SSSR count). The first kappa shape index (κ1) is 18.5. The Balaban J connectivity index is 1.79. The summed E-state index contributed by atoms with van der Waals surface area (Å²) in [5, 5.41) is 3.20. The van der Waals surface area contributed by atoms with Crippen LogP contribution in [0, 0.1) is 5.82 Å². The van der Waals surface area contributed by atoms with E-state index in [1.54, 1.807) is 13.0 Å². The van der Waals surface area contributed by atoms with Crippen molar-refractivity contribution in [2.24, 2.45) is 0 Å². The third-order valence-corrected chi connectivity index (χ3v) is 5.17. The predicted molar refractivity (Wildman–Crippen MR) is 105 cm³/mol. The van der Waals surface area contributed by atoms with E-state index in [4.69, 9.17) is 11.6 Å². The van der Waals surface area contributed by atoms with Gasteiger partial charge in [0.2, 0.25) is 5.91 Å². The Kier molecular flexibility index (Phi) is 5.64. The number of hydrogen-bond donors (Lipinski definition) is 1. The summed E-state index contributed by atoms with van der Waals surface area (Å²) < 4.78 is 15.1.